The number of nitrogens with zero attached hydrogens (tertiary/aromatic N) is 1. The number of aliphatic imine (C=N–C) groups is 1. The molecule has 0 aliphatic heterocycles. The number of hydrogen-bond donors (Lipinski definition) is 3. The van der Waals surface area contributed by atoms with Crippen molar-refractivity contribution >= 4 is 28.9 Å². The Bertz CT molecular complexity index is 449. The fraction of sp³-hybridized carbons (Fsp3) is 0.615. The van der Waals surface area contributed by atoms with Gasteiger partial charge in [-0.25, -0.2) is 0 Å². The van der Waals surface area contributed by atoms with Crippen LogP contribution < -0.4 is 10.6 Å². The average Bonchev–Trinajstić information content (AvgIpc) is 2.88. The first-order valence-electron chi connectivity index (χ1n) is 6.58. The monoisotopic (exact) mass is 301 g/mol. The number of hydrogen-bond acceptors (Lipinski definition) is 3. The summed E-state index contributed by atoms with van der Waals surface area (Å²) in [6.45, 7) is 5.40. The van der Waals surface area contributed by atoms with Gasteiger partial charge in [0.25, 0.3) is 0 Å². The van der Waals surface area contributed by atoms with E-state index < -0.39 is 6.10 Å². The molecule has 3 N–H and O–H groups in total. The Morgan fingerprint density at radius 2 is 2.37 bits per heavy atom. The molecule has 1 saturated carbocycles. The van der Waals surface area contributed by atoms with Crippen molar-refractivity contribution < 1.29 is 5.11 Å². The molecule has 3 atom stereocenters. The van der Waals surface area contributed by atoms with Crippen molar-refractivity contribution in [2.24, 2.45) is 10.9 Å². The van der Waals surface area contributed by atoms with E-state index in [0.29, 0.717) is 22.8 Å². The summed E-state index contributed by atoms with van der Waals surface area (Å²) in [4.78, 5) is 5.27. The molecule has 1 aliphatic carbocycles. The number of halogens is 1. The Hall–Kier alpha value is -0.780. The second kappa shape index (κ2) is 6.59. The molecule has 1 aromatic rings. The summed E-state index contributed by atoms with van der Waals surface area (Å²) >= 11 is 7.25. The summed E-state index contributed by atoms with van der Waals surface area (Å²) < 4.78 is 0.690. The van der Waals surface area contributed by atoms with E-state index in [0.717, 1.165) is 17.4 Å². The number of aliphatic hydroxyl groups is 1. The topological polar surface area (TPSA) is 56.7 Å². The summed E-state index contributed by atoms with van der Waals surface area (Å²) in [5.74, 6) is 1.49. The van der Waals surface area contributed by atoms with Crippen LogP contribution in [0, 0.1) is 5.92 Å². The fourth-order valence-corrected chi connectivity index (χ4v) is 2.83. The molecular weight excluding hydrogens is 282 g/mol. The van der Waals surface area contributed by atoms with Crippen LogP contribution in [0.4, 0.5) is 0 Å². The van der Waals surface area contributed by atoms with Crippen LogP contribution in [0.2, 0.25) is 4.34 Å². The molecule has 0 spiro atoms. The minimum atomic E-state index is -0.593. The summed E-state index contributed by atoms with van der Waals surface area (Å²) in [6, 6.07) is 4.16. The van der Waals surface area contributed by atoms with Crippen molar-refractivity contribution in [2.75, 3.05) is 13.1 Å². The molecule has 6 heteroatoms. The summed E-state index contributed by atoms with van der Waals surface area (Å²) in [5.41, 5.74) is 0. The van der Waals surface area contributed by atoms with Crippen LogP contribution >= 0.6 is 22.9 Å². The first-order chi connectivity index (χ1) is 9.10. The number of guanidine groups is 1. The van der Waals surface area contributed by atoms with Gasteiger partial charge in [0.1, 0.15) is 6.10 Å². The van der Waals surface area contributed by atoms with Gasteiger partial charge in [-0.15, -0.1) is 11.3 Å². The number of aliphatic hydroxyl groups excluding tert-OH is 1. The standard InChI is InChI=1S/C13H20ClN3OS/c1-3-15-13(17-9-6-8(9)2)16-7-10(18)11-4-5-12(14)19-11/h4-5,8-10,18H,3,6-7H2,1-2H3,(H2,15,16,17). The third kappa shape index (κ3) is 4.37. The van der Waals surface area contributed by atoms with E-state index in [1.807, 2.05) is 13.0 Å². The quantitative estimate of drug-likeness (QED) is 0.578. The zero-order valence-corrected chi connectivity index (χ0v) is 12.8. The first kappa shape index (κ1) is 14.6. The highest BCUT2D eigenvalue weighted by atomic mass is 35.5. The normalized spacial score (nSPS) is 24.1. The van der Waals surface area contributed by atoms with Crippen LogP contribution in [-0.2, 0) is 0 Å². The molecule has 1 aliphatic rings. The largest absolute Gasteiger partial charge is 0.386 e. The number of nitrogens with one attached hydrogen (secondary N) is 2. The zero-order valence-electron chi connectivity index (χ0n) is 11.2. The lowest BCUT2D eigenvalue weighted by Gasteiger charge is -2.12. The molecule has 4 nitrogen and oxygen atoms in total. The van der Waals surface area contributed by atoms with Crippen molar-refractivity contribution in [2.45, 2.75) is 32.4 Å². The van der Waals surface area contributed by atoms with E-state index >= 15 is 0 Å². The van der Waals surface area contributed by atoms with E-state index in [4.69, 9.17) is 11.6 Å². The Labute approximate surface area is 122 Å². The van der Waals surface area contributed by atoms with Crippen molar-refractivity contribution in [1.82, 2.24) is 10.6 Å². The van der Waals surface area contributed by atoms with Gasteiger partial charge in [-0.05, 0) is 31.4 Å². The van der Waals surface area contributed by atoms with Gasteiger partial charge in [-0.2, -0.15) is 0 Å². The molecule has 1 fully saturated rings. The van der Waals surface area contributed by atoms with E-state index in [9.17, 15) is 5.11 Å². The van der Waals surface area contributed by atoms with Crippen LogP contribution in [-0.4, -0.2) is 30.2 Å². The predicted octanol–water partition coefficient (Wildman–Crippen LogP) is 2.40. The lowest BCUT2D eigenvalue weighted by atomic mass is 10.3. The molecule has 1 aromatic heterocycles. The Balaban J connectivity index is 1.89. The highest BCUT2D eigenvalue weighted by molar-refractivity contribution is 7.16. The van der Waals surface area contributed by atoms with Crippen LogP contribution in [0.5, 0.6) is 0 Å². The molecule has 0 radical (unpaired) electrons. The highest BCUT2D eigenvalue weighted by Crippen LogP contribution is 2.29. The van der Waals surface area contributed by atoms with E-state index in [1.54, 1.807) is 6.07 Å². The third-order valence-electron chi connectivity index (χ3n) is 3.12. The van der Waals surface area contributed by atoms with Gasteiger partial charge >= 0.3 is 0 Å². The Kier molecular flexibility index (Phi) is 5.07. The number of rotatable bonds is 5. The summed E-state index contributed by atoms with van der Waals surface area (Å²) in [5, 5.41) is 16.6. The van der Waals surface area contributed by atoms with Crippen LogP contribution in [0.3, 0.4) is 0 Å². The maximum atomic E-state index is 10.0. The second-order valence-corrected chi connectivity index (χ2v) is 6.59. The maximum absolute atomic E-state index is 10.0. The second-order valence-electron chi connectivity index (χ2n) is 4.84. The van der Waals surface area contributed by atoms with Gasteiger partial charge < -0.3 is 15.7 Å². The summed E-state index contributed by atoms with van der Waals surface area (Å²) in [6.07, 6.45) is 0.595. The minimum absolute atomic E-state index is 0.341. The van der Waals surface area contributed by atoms with E-state index in [2.05, 4.69) is 22.5 Å². The Morgan fingerprint density at radius 3 is 2.89 bits per heavy atom. The van der Waals surface area contributed by atoms with Crippen LogP contribution in [0.1, 0.15) is 31.2 Å². The predicted molar refractivity (Wildman–Crippen MR) is 81.0 cm³/mol. The van der Waals surface area contributed by atoms with Crippen molar-refractivity contribution in [3.05, 3.63) is 21.3 Å². The van der Waals surface area contributed by atoms with Crippen LogP contribution in [0.25, 0.3) is 0 Å². The molecule has 0 saturated heterocycles. The maximum Gasteiger partial charge on any atom is 0.191 e. The molecule has 1 heterocycles. The number of thiophene rings is 1. The zero-order chi connectivity index (χ0) is 13.8. The van der Waals surface area contributed by atoms with Crippen molar-refractivity contribution in [1.29, 1.82) is 0 Å². The van der Waals surface area contributed by atoms with Crippen molar-refractivity contribution in [3.8, 4) is 0 Å². The van der Waals surface area contributed by atoms with Gasteiger partial charge in [0.05, 0.1) is 10.9 Å². The molecule has 106 valence electrons. The van der Waals surface area contributed by atoms with E-state index in [1.165, 1.54) is 17.8 Å². The van der Waals surface area contributed by atoms with Gasteiger partial charge in [0, 0.05) is 17.5 Å². The van der Waals surface area contributed by atoms with Gasteiger partial charge in [0.15, 0.2) is 5.96 Å². The average molecular weight is 302 g/mol. The van der Waals surface area contributed by atoms with Gasteiger partial charge in [-0.1, -0.05) is 18.5 Å². The molecule has 0 bridgehead atoms. The first-order valence-corrected chi connectivity index (χ1v) is 7.77. The van der Waals surface area contributed by atoms with Crippen molar-refractivity contribution in [3.63, 3.8) is 0 Å². The van der Waals surface area contributed by atoms with Gasteiger partial charge in [0.2, 0.25) is 0 Å². The SMILES string of the molecule is CCNC(=NCC(O)c1ccc(Cl)s1)NC1CC1C. The minimum Gasteiger partial charge on any atom is -0.386 e. The summed E-state index contributed by atoms with van der Waals surface area (Å²) in [7, 11) is 0. The third-order valence-corrected chi connectivity index (χ3v) is 4.45. The fourth-order valence-electron chi connectivity index (χ4n) is 1.79. The highest BCUT2D eigenvalue weighted by Gasteiger charge is 2.33. The molecule has 0 amide bonds. The molecule has 0 aromatic carbocycles. The Morgan fingerprint density at radius 1 is 1.63 bits per heavy atom. The molecular formula is C13H20ClN3OS. The smallest absolute Gasteiger partial charge is 0.191 e. The van der Waals surface area contributed by atoms with Crippen LogP contribution in [0.15, 0.2) is 17.1 Å². The lowest BCUT2D eigenvalue weighted by Crippen LogP contribution is -2.39. The van der Waals surface area contributed by atoms with Gasteiger partial charge in [-0.3, -0.25) is 4.99 Å². The molecule has 2 rings (SSSR count). The van der Waals surface area contributed by atoms with E-state index in [-0.39, 0.29) is 0 Å². The molecule has 19 heavy (non-hydrogen) atoms. The molecule has 3 unspecified atom stereocenters. The lowest BCUT2D eigenvalue weighted by molar-refractivity contribution is 0.191.